The van der Waals surface area contributed by atoms with E-state index in [9.17, 15) is 9.59 Å². The summed E-state index contributed by atoms with van der Waals surface area (Å²) in [5, 5.41) is 6.81. The fourth-order valence-corrected chi connectivity index (χ4v) is 6.82. The number of benzene rings is 1. The molecule has 1 fully saturated rings. The summed E-state index contributed by atoms with van der Waals surface area (Å²) in [6, 6.07) is 5.71. The van der Waals surface area contributed by atoms with Crippen LogP contribution in [0, 0.1) is 11.3 Å². The maximum atomic E-state index is 13.7. The SMILES string of the molecule is COc1ccc(NC(=O)c2c(NC(=O)CN3CCCCC3C)sc3c2CCC(C(C)(C)C)C3)c(OC)c1. The van der Waals surface area contributed by atoms with Gasteiger partial charge in [0, 0.05) is 17.0 Å². The van der Waals surface area contributed by atoms with Gasteiger partial charge in [0.1, 0.15) is 16.5 Å². The zero-order chi connectivity index (χ0) is 26.7. The highest BCUT2D eigenvalue weighted by Crippen LogP contribution is 2.44. The molecule has 1 aliphatic heterocycles. The normalized spacial score (nSPS) is 20.2. The van der Waals surface area contributed by atoms with E-state index in [0.29, 0.717) is 46.3 Å². The van der Waals surface area contributed by atoms with E-state index in [1.165, 1.54) is 11.3 Å². The predicted octanol–water partition coefficient (Wildman–Crippen LogP) is 5.98. The number of anilines is 2. The molecule has 2 unspecified atom stereocenters. The molecule has 8 heteroatoms. The molecule has 1 aliphatic carbocycles. The van der Waals surface area contributed by atoms with E-state index < -0.39 is 0 Å². The summed E-state index contributed by atoms with van der Waals surface area (Å²) in [6.07, 6.45) is 6.23. The van der Waals surface area contributed by atoms with Gasteiger partial charge in [0.2, 0.25) is 5.91 Å². The fraction of sp³-hybridized carbons (Fsp3) is 0.586. The molecule has 1 aromatic heterocycles. The van der Waals surface area contributed by atoms with Crippen LogP contribution < -0.4 is 20.1 Å². The molecule has 4 rings (SSSR count). The number of thiophene rings is 1. The van der Waals surface area contributed by atoms with E-state index in [1.807, 2.05) is 0 Å². The molecule has 202 valence electrons. The van der Waals surface area contributed by atoms with Gasteiger partial charge in [-0.1, -0.05) is 27.2 Å². The van der Waals surface area contributed by atoms with Gasteiger partial charge in [-0.2, -0.15) is 0 Å². The van der Waals surface area contributed by atoms with Crippen LogP contribution in [0.25, 0.3) is 0 Å². The Bertz CT molecular complexity index is 1140. The lowest BCUT2D eigenvalue weighted by Gasteiger charge is -2.33. The van der Waals surface area contributed by atoms with Gasteiger partial charge in [-0.05, 0) is 74.6 Å². The van der Waals surface area contributed by atoms with Crippen LogP contribution in [0.4, 0.5) is 10.7 Å². The van der Waals surface area contributed by atoms with Crippen molar-refractivity contribution in [1.82, 2.24) is 4.90 Å². The minimum absolute atomic E-state index is 0.0594. The smallest absolute Gasteiger partial charge is 0.259 e. The number of fused-ring (bicyclic) bond motifs is 1. The Morgan fingerprint density at radius 1 is 1.11 bits per heavy atom. The second-order valence-corrected chi connectivity index (χ2v) is 12.5. The van der Waals surface area contributed by atoms with Crippen molar-refractivity contribution in [3.63, 3.8) is 0 Å². The Hall–Kier alpha value is -2.58. The first-order chi connectivity index (χ1) is 17.6. The van der Waals surface area contributed by atoms with Gasteiger partial charge in [-0.25, -0.2) is 0 Å². The summed E-state index contributed by atoms with van der Waals surface area (Å²) >= 11 is 1.57. The van der Waals surface area contributed by atoms with Crippen molar-refractivity contribution in [2.75, 3.05) is 37.9 Å². The summed E-state index contributed by atoms with van der Waals surface area (Å²) in [5.74, 6) is 1.42. The minimum Gasteiger partial charge on any atom is -0.497 e. The van der Waals surface area contributed by atoms with Crippen LogP contribution in [0.3, 0.4) is 0 Å². The average molecular weight is 528 g/mol. The van der Waals surface area contributed by atoms with Crippen LogP contribution in [0.15, 0.2) is 18.2 Å². The van der Waals surface area contributed by atoms with E-state index >= 15 is 0 Å². The molecule has 0 radical (unpaired) electrons. The summed E-state index contributed by atoms with van der Waals surface area (Å²) in [7, 11) is 3.16. The zero-order valence-electron chi connectivity index (χ0n) is 23.0. The van der Waals surface area contributed by atoms with Crippen LogP contribution in [-0.4, -0.2) is 50.1 Å². The number of ether oxygens (including phenoxy) is 2. The quantitative estimate of drug-likeness (QED) is 0.463. The molecule has 0 bridgehead atoms. The lowest BCUT2D eigenvalue weighted by atomic mass is 9.72. The summed E-state index contributed by atoms with van der Waals surface area (Å²) < 4.78 is 10.8. The molecule has 2 aromatic rings. The molecule has 0 saturated carbocycles. The average Bonchev–Trinajstić information content (AvgIpc) is 3.22. The topological polar surface area (TPSA) is 79.9 Å². The number of rotatable bonds is 7. The number of nitrogens with zero attached hydrogens (tertiary/aromatic N) is 1. The zero-order valence-corrected chi connectivity index (χ0v) is 23.8. The number of likely N-dealkylation sites (tertiary alicyclic amines) is 1. The molecular weight excluding hydrogens is 486 g/mol. The van der Waals surface area contributed by atoms with E-state index in [-0.39, 0.29) is 17.2 Å². The Morgan fingerprint density at radius 2 is 1.89 bits per heavy atom. The van der Waals surface area contributed by atoms with Crippen LogP contribution in [0.5, 0.6) is 11.5 Å². The van der Waals surface area contributed by atoms with Crippen molar-refractivity contribution >= 4 is 33.8 Å². The standard InChI is InChI=1S/C29H41N3O4S/c1-18-9-7-8-14-32(18)17-25(33)31-28-26(21-12-10-19(29(2,3)4)15-24(21)37-28)27(34)30-22-13-11-20(35-5)16-23(22)36-6/h11,13,16,18-19H,7-10,12,14-15,17H2,1-6H3,(H,30,34)(H,31,33). The molecule has 0 spiro atoms. The summed E-state index contributed by atoms with van der Waals surface area (Å²) in [6.45, 7) is 10.3. The molecule has 2 aliphatic rings. The molecule has 7 nitrogen and oxygen atoms in total. The van der Waals surface area contributed by atoms with Crippen molar-refractivity contribution in [1.29, 1.82) is 0 Å². The molecular formula is C29H41N3O4S. The van der Waals surface area contributed by atoms with Crippen molar-refractivity contribution < 1.29 is 19.1 Å². The van der Waals surface area contributed by atoms with Gasteiger partial charge >= 0.3 is 0 Å². The van der Waals surface area contributed by atoms with Crippen molar-refractivity contribution in [2.24, 2.45) is 11.3 Å². The molecule has 2 amide bonds. The first-order valence-corrected chi connectivity index (χ1v) is 14.1. The molecule has 1 saturated heterocycles. The number of hydrogen-bond acceptors (Lipinski definition) is 6. The van der Waals surface area contributed by atoms with Crippen molar-refractivity contribution in [3.8, 4) is 11.5 Å². The van der Waals surface area contributed by atoms with Crippen molar-refractivity contribution in [3.05, 3.63) is 34.2 Å². The van der Waals surface area contributed by atoms with Gasteiger partial charge in [0.05, 0.1) is 32.0 Å². The second kappa shape index (κ2) is 11.4. The third-order valence-corrected chi connectivity index (χ3v) is 9.08. The third kappa shape index (κ3) is 6.29. The highest BCUT2D eigenvalue weighted by atomic mass is 32.1. The Morgan fingerprint density at radius 3 is 2.57 bits per heavy atom. The van der Waals surface area contributed by atoms with Crippen LogP contribution >= 0.6 is 11.3 Å². The first kappa shape index (κ1) is 27.5. The summed E-state index contributed by atoms with van der Waals surface area (Å²) in [5.41, 5.74) is 2.41. The molecule has 37 heavy (non-hydrogen) atoms. The van der Waals surface area contributed by atoms with E-state index in [2.05, 4.69) is 43.2 Å². The third-order valence-electron chi connectivity index (χ3n) is 7.91. The number of hydrogen-bond donors (Lipinski definition) is 2. The van der Waals surface area contributed by atoms with E-state index in [0.717, 1.165) is 44.2 Å². The number of nitrogens with one attached hydrogen (secondary N) is 2. The van der Waals surface area contributed by atoms with Crippen LogP contribution in [0.1, 0.15) is 74.2 Å². The minimum atomic E-state index is -0.225. The Balaban J connectivity index is 1.62. The molecule has 2 heterocycles. The lowest BCUT2D eigenvalue weighted by molar-refractivity contribution is -0.118. The van der Waals surface area contributed by atoms with Crippen LogP contribution in [-0.2, 0) is 17.6 Å². The number of methoxy groups -OCH3 is 2. The second-order valence-electron chi connectivity index (χ2n) is 11.4. The van der Waals surface area contributed by atoms with Gasteiger partial charge in [-0.15, -0.1) is 11.3 Å². The largest absolute Gasteiger partial charge is 0.497 e. The summed E-state index contributed by atoms with van der Waals surface area (Å²) in [4.78, 5) is 30.3. The molecule has 1 aromatic carbocycles. The van der Waals surface area contributed by atoms with Gasteiger partial charge in [-0.3, -0.25) is 14.5 Å². The number of piperidine rings is 1. The maximum absolute atomic E-state index is 13.7. The monoisotopic (exact) mass is 527 g/mol. The maximum Gasteiger partial charge on any atom is 0.259 e. The Kier molecular flexibility index (Phi) is 8.49. The van der Waals surface area contributed by atoms with Crippen LogP contribution in [0.2, 0.25) is 0 Å². The highest BCUT2D eigenvalue weighted by Gasteiger charge is 2.34. The molecule has 2 atom stereocenters. The van der Waals surface area contributed by atoms with E-state index in [1.54, 1.807) is 43.8 Å². The molecule has 2 N–H and O–H groups in total. The van der Waals surface area contributed by atoms with Crippen molar-refractivity contribution in [2.45, 2.75) is 72.3 Å². The Labute approximate surface area is 224 Å². The number of carbonyl (C=O) groups is 2. The lowest BCUT2D eigenvalue weighted by Crippen LogP contribution is -2.42. The highest BCUT2D eigenvalue weighted by molar-refractivity contribution is 7.17. The van der Waals surface area contributed by atoms with Gasteiger partial charge < -0.3 is 20.1 Å². The number of amides is 2. The van der Waals surface area contributed by atoms with Gasteiger partial charge in [0.15, 0.2) is 0 Å². The predicted molar refractivity (Wildman–Crippen MR) is 150 cm³/mol. The van der Waals surface area contributed by atoms with E-state index in [4.69, 9.17) is 9.47 Å². The van der Waals surface area contributed by atoms with Gasteiger partial charge in [0.25, 0.3) is 5.91 Å². The number of carbonyl (C=O) groups excluding carboxylic acids is 2. The first-order valence-electron chi connectivity index (χ1n) is 13.3. The fourth-order valence-electron chi connectivity index (χ4n) is 5.48.